The van der Waals surface area contributed by atoms with Gasteiger partial charge in [-0.3, -0.25) is 4.79 Å². The van der Waals surface area contributed by atoms with Gasteiger partial charge in [-0.25, -0.2) is 0 Å². The molecule has 0 saturated heterocycles. The van der Waals surface area contributed by atoms with Crippen LogP contribution in [0.5, 0.6) is 0 Å². The Kier molecular flexibility index (Phi) is 2.45. The van der Waals surface area contributed by atoms with Crippen molar-refractivity contribution >= 4 is 21.2 Å². The first-order chi connectivity index (χ1) is 4.88. The van der Waals surface area contributed by atoms with E-state index in [-0.39, 0.29) is 9.52 Å². The van der Waals surface area contributed by atoms with E-state index in [1.165, 1.54) is 0 Å². The number of carbonyl (C=O) groups excluding carboxylic acids is 1. The second-order valence-corrected chi connectivity index (χ2v) is 4.31. The van der Waals surface area contributed by atoms with Gasteiger partial charge in [0.25, 0.3) is 0 Å². The summed E-state index contributed by atoms with van der Waals surface area (Å²) in [6.45, 7) is 2.11. The van der Waals surface area contributed by atoms with E-state index in [0.717, 1.165) is 23.3 Å². The molecule has 1 aromatic rings. The minimum absolute atomic E-state index is 0.297. The normalized spacial score (nSPS) is 10.9. The van der Waals surface area contributed by atoms with E-state index < -0.39 is 0 Å². The van der Waals surface area contributed by atoms with Crippen molar-refractivity contribution in [3.05, 3.63) is 17.9 Å². The van der Waals surface area contributed by atoms with Crippen LogP contribution in [0.15, 0.2) is 16.7 Å². The van der Waals surface area contributed by atoms with Gasteiger partial charge in [0.15, 0.2) is 6.29 Å². The molecule has 54 valence electrons. The van der Waals surface area contributed by atoms with Crippen LogP contribution in [0.1, 0.15) is 17.3 Å². The summed E-state index contributed by atoms with van der Waals surface area (Å²) in [6, 6.07) is 2.87. The van der Waals surface area contributed by atoms with E-state index in [2.05, 4.69) is 6.92 Å². The van der Waals surface area contributed by atoms with Crippen LogP contribution in [0.3, 0.4) is 0 Å². The lowest BCUT2D eigenvalue weighted by Gasteiger charge is -1.89. The van der Waals surface area contributed by atoms with Crippen molar-refractivity contribution in [2.24, 2.45) is 0 Å². The quantitative estimate of drug-likeness (QED) is 0.464. The zero-order valence-corrected chi connectivity index (χ0v) is 7.38. The van der Waals surface area contributed by atoms with Gasteiger partial charge in [-0.1, -0.05) is 13.0 Å². The fraction of sp³-hybridized carbons (Fsp3) is 0.286. The number of hydrogen-bond donors (Lipinski definition) is 0. The van der Waals surface area contributed by atoms with Gasteiger partial charge in [0.1, 0.15) is 9.52 Å². The minimum Gasteiger partial charge on any atom is -0.474 e. The van der Waals surface area contributed by atoms with Crippen LogP contribution in [0, 0.1) is 0 Å². The molecule has 0 bridgehead atoms. The topological polar surface area (TPSA) is 30.2 Å². The lowest BCUT2D eigenvalue weighted by Crippen LogP contribution is -2.14. The molecular formula is C7H10O2Si. The zero-order chi connectivity index (χ0) is 7.40. The largest absolute Gasteiger partial charge is 0.474 e. The van der Waals surface area contributed by atoms with Crippen LogP contribution >= 0.6 is 0 Å². The number of hydrogen-bond acceptors (Lipinski definition) is 2. The van der Waals surface area contributed by atoms with Gasteiger partial charge in [-0.2, -0.15) is 0 Å². The van der Waals surface area contributed by atoms with Crippen LogP contribution in [0.4, 0.5) is 0 Å². The molecule has 0 N–H and O–H groups in total. The lowest BCUT2D eigenvalue weighted by molar-refractivity contribution is 0.112. The van der Waals surface area contributed by atoms with E-state index in [4.69, 9.17) is 4.42 Å². The van der Waals surface area contributed by atoms with Crippen molar-refractivity contribution in [3.8, 4) is 0 Å². The van der Waals surface area contributed by atoms with E-state index in [0.29, 0.717) is 0 Å². The Morgan fingerprint density at radius 1 is 1.80 bits per heavy atom. The van der Waals surface area contributed by atoms with Crippen molar-refractivity contribution in [1.82, 2.24) is 0 Å². The number of carbonyl (C=O) groups is 1. The molecule has 0 aliphatic carbocycles. The predicted molar refractivity (Wildman–Crippen MR) is 42.8 cm³/mol. The summed E-state index contributed by atoms with van der Waals surface area (Å²) in [7, 11) is -0.297. The number of furan rings is 1. The second kappa shape index (κ2) is 3.36. The van der Waals surface area contributed by atoms with E-state index >= 15 is 0 Å². The number of rotatable bonds is 3. The summed E-state index contributed by atoms with van der Waals surface area (Å²) in [6.07, 6.45) is 2.45. The molecule has 0 atom stereocenters. The first-order valence-electron chi connectivity index (χ1n) is 3.40. The highest BCUT2D eigenvalue weighted by atomic mass is 28.2. The third-order valence-corrected chi connectivity index (χ3v) is 2.91. The van der Waals surface area contributed by atoms with E-state index in [1.807, 2.05) is 0 Å². The Morgan fingerprint density at radius 3 is 3.20 bits per heavy atom. The first kappa shape index (κ1) is 7.28. The maximum Gasteiger partial charge on any atom is 0.153 e. The summed E-state index contributed by atoms with van der Waals surface area (Å²) in [5.41, 5.74) is 0.744. The fourth-order valence-electron chi connectivity index (χ4n) is 0.886. The zero-order valence-electron chi connectivity index (χ0n) is 5.96. The Hall–Kier alpha value is -0.833. The standard InChI is InChI=1S/C7H10O2Si/c1-2-10-7-6(5-8)3-4-9-7/h3-5H,2,10H2,1H3. The van der Waals surface area contributed by atoms with Crippen LogP contribution in [0.2, 0.25) is 6.04 Å². The average molecular weight is 154 g/mol. The molecule has 1 heterocycles. The summed E-state index contributed by atoms with van der Waals surface area (Å²) in [4.78, 5) is 10.3. The molecule has 3 heteroatoms. The summed E-state index contributed by atoms with van der Waals surface area (Å²) >= 11 is 0. The maximum absolute atomic E-state index is 10.3. The molecule has 0 saturated carbocycles. The lowest BCUT2D eigenvalue weighted by atomic mass is 10.4. The Morgan fingerprint density at radius 2 is 2.60 bits per heavy atom. The van der Waals surface area contributed by atoms with Gasteiger partial charge in [-0.05, 0) is 6.07 Å². The van der Waals surface area contributed by atoms with E-state index in [1.54, 1.807) is 12.3 Å². The van der Waals surface area contributed by atoms with Gasteiger partial charge in [0.05, 0.1) is 11.6 Å². The predicted octanol–water partition coefficient (Wildman–Crippen LogP) is 0.324. The molecule has 2 nitrogen and oxygen atoms in total. The van der Waals surface area contributed by atoms with E-state index in [9.17, 15) is 4.79 Å². The molecule has 0 aliphatic rings. The van der Waals surface area contributed by atoms with Crippen molar-refractivity contribution in [1.29, 1.82) is 0 Å². The Labute approximate surface area is 62.1 Å². The summed E-state index contributed by atoms with van der Waals surface area (Å²) < 4.78 is 5.13. The smallest absolute Gasteiger partial charge is 0.153 e. The summed E-state index contributed by atoms with van der Waals surface area (Å²) in [5.74, 6) is 0. The highest BCUT2D eigenvalue weighted by molar-refractivity contribution is 6.53. The molecular weight excluding hydrogens is 144 g/mol. The van der Waals surface area contributed by atoms with Crippen LogP contribution in [0.25, 0.3) is 0 Å². The molecule has 1 rings (SSSR count). The van der Waals surface area contributed by atoms with Gasteiger partial charge in [-0.15, -0.1) is 0 Å². The van der Waals surface area contributed by atoms with Crippen molar-refractivity contribution in [2.75, 3.05) is 0 Å². The van der Waals surface area contributed by atoms with Crippen LogP contribution in [-0.2, 0) is 0 Å². The SMILES string of the molecule is CC[SiH2]c1occc1C=O. The molecule has 0 radical (unpaired) electrons. The van der Waals surface area contributed by atoms with Gasteiger partial charge in [0, 0.05) is 5.56 Å². The summed E-state index contributed by atoms with van der Waals surface area (Å²) in [5, 5.41) is 0.942. The molecule has 1 aromatic heterocycles. The van der Waals surface area contributed by atoms with Gasteiger partial charge < -0.3 is 4.42 Å². The van der Waals surface area contributed by atoms with Crippen LogP contribution in [-0.4, -0.2) is 15.8 Å². The third kappa shape index (κ3) is 1.36. The molecule has 10 heavy (non-hydrogen) atoms. The van der Waals surface area contributed by atoms with Crippen molar-refractivity contribution in [3.63, 3.8) is 0 Å². The monoisotopic (exact) mass is 154 g/mol. The molecule has 0 spiro atoms. The molecule has 0 aromatic carbocycles. The Balaban J connectivity index is 2.79. The van der Waals surface area contributed by atoms with Gasteiger partial charge >= 0.3 is 0 Å². The van der Waals surface area contributed by atoms with Gasteiger partial charge in [0.2, 0.25) is 0 Å². The molecule has 0 unspecified atom stereocenters. The second-order valence-electron chi connectivity index (χ2n) is 2.17. The maximum atomic E-state index is 10.3. The highest BCUT2D eigenvalue weighted by Crippen LogP contribution is 1.92. The van der Waals surface area contributed by atoms with Crippen LogP contribution < -0.4 is 5.38 Å². The fourth-order valence-corrected chi connectivity index (χ4v) is 2.04. The van der Waals surface area contributed by atoms with Crippen molar-refractivity contribution < 1.29 is 9.21 Å². The highest BCUT2D eigenvalue weighted by Gasteiger charge is 2.02. The third-order valence-electron chi connectivity index (χ3n) is 1.38. The molecule has 0 amide bonds. The average Bonchev–Trinajstić information content (AvgIpc) is 2.36. The first-order valence-corrected chi connectivity index (χ1v) is 5.10. The van der Waals surface area contributed by atoms with Crippen molar-refractivity contribution in [2.45, 2.75) is 13.0 Å². The molecule has 0 fully saturated rings. The Bertz CT molecular complexity index is 217. The molecule has 0 aliphatic heterocycles. The minimum atomic E-state index is -0.297. The number of aldehydes is 1.